The minimum Gasteiger partial charge on any atom is -0.244 e. The molecule has 0 fully saturated rings. The first kappa shape index (κ1) is 20.5. The van der Waals surface area contributed by atoms with E-state index in [0.717, 1.165) is 0 Å². The Kier molecular flexibility index (Phi) is 10.2. The monoisotopic (exact) mass is 339 g/mol. The number of hydrogen-bond donors (Lipinski definition) is 0. The molecule has 0 aliphatic carbocycles. The van der Waals surface area contributed by atoms with Crippen molar-refractivity contribution in [3.05, 3.63) is 31.5 Å². The summed E-state index contributed by atoms with van der Waals surface area (Å²) in [4.78, 5) is 32.3. The molecule has 0 saturated heterocycles. The van der Waals surface area contributed by atoms with E-state index in [0.29, 0.717) is 0 Å². The molecule has 12 heteroatoms. The second-order valence-corrected chi connectivity index (χ2v) is 2.70. The molecule has 15 heavy (non-hydrogen) atoms. The van der Waals surface area contributed by atoms with Crippen molar-refractivity contribution in [2.45, 2.75) is 0 Å². The fourth-order valence-corrected chi connectivity index (χ4v) is 1.05. The minimum absolute atomic E-state index is 0. The lowest BCUT2D eigenvalue weighted by Crippen LogP contribution is -2.47. The average molecular weight is 342 g/mol. The first-order valence-electron chi connectivity index (χ1n) is 2.46. The third kappa shape index (κ3) is 3.58. The first-order chi connectivity index (χ1) is 5.46. The summed E-state index contributed by atoms with van der Waals surface area (Å²) in [5.41, 5.74) is -3.49. The van der Waals surface area contributed by atoms with Crippen molar-refractivity contribution >= 4 is 72.6 Å². The number of hydrogen-bond acceptors (Lipinski definition) is 3. The summed E-state index contributed by atoms with van der Waals surface area (Å²) in [6.45, 7) is 0. The van der Waals surface area contributed by atoms with Crippen LogP contribution in [0.4, 0.5) is 0 Å². The third-order valence-electron chi connectivity index (χ3n) is 1.01. The van der Waals surface area contributed by atoms with Gasteiger partial charge in [-0.05, 0) is 0 Å². The van der Waals surface area contributed by atoms with Gasteiger partial charge in [0.25, 0.3) is 0 Å². The molecule has 0 saturated carbocycles. The third-order valence-corrected chi connectivity index (χ3v) is 1.88. The maximum Gasteiger partial charge on any atom is 0.366 e. The SMILES string of the molecule is Cl.Cl.Cl.O=c1n(Cl)c(=O)n(Cl)c(=O)n1Cl. The van der Waals surface area contributed by atoms with E-state index in [1.165, 1.54) is 0 Å². The molecule has 0 unspecified atom stereocenters. The Morgan fingerprint density at radius 3 is 0.867 bits per heavy atom. The highest BCUT2D eigenvalue weighted by atomic mass is 35.5. The van der Waals surface area contributed by atoms with Crippen LogP contribution in [0.1, 0.15) is 0 Å². The van der Waals surface area contributed by atoms with Gasteiger partial charge in [0.1, 0.15) is 0 Å². The lowest BCUT2D eigenvalue weighted by molar-refractivity contribution is 0.770. The van der Waals surface area contributed by atoms with E-state index in [4.69, 9.17) is 35.3 Å². The summed E-state index contributed by atoms with van der Waals surface area (Å²) in [6.07, 6.45) is 0. The topological polar surface area (TPSA) is 66.0 Å². The number of nitrogens with zero attached hydrogens (tertiary/aromatic N) is 3. The maximum absolute atomic E-state index is 10.8. The Morgan fingerprint density at radius 1 is 0.600 bits per heavy atom. The number of halogens is 6. The van der Waals surface area contributed by atoms with Gasteiger partial charge in [-0.15, -0.1) is 49.5 Å². The molecule has 0 aliphatic rings. The van der Waals surface area contributed by atoms with E-state index in [2.05, 4.69) is 0 Å². The molecule has 1 heterocycles. The summed E-state index contributed by atoms with van der Waals surface area (Å²) in [6, 6.07) is 0. The van der Waals surface area contributed by atoms with Crippen LogP contribution in [0, 0.1) is 0 Å². The zero-order valence-corrected chi connectivity index (χ0v) is 11.1. The van der Waals surface area contributed by atoms with Crippen LogP contribution in [0.3, 0.4) is 0 Å². The molecule has 0 aromatic carbocycles. The maximum atomic E-state index is 10.8. The second kappa shape index (κ2) is 7.43. The predicted molar refractivity (Wildman–Crippen MR) is 64.7 cm³/mol. The van der Waals surface area contributed by atoms with Crippen LogP contribution in [0.25, 0.3) is 0 Å². The van der Waals surface area contributed by atoms with Gasteiger partial charge < -0.3 is 0 Å². The van der Waals surface area contributed by atoms with E-state index in [9.17, 15) is 14.4 Å². The van der Waals surface area contributed by atoms with Crippen LogP contribution in [0.5, 0.6) is 0 Å². The van der Waals surface area contributed by atoms with Gasteiger partial charge in [0.2, 0.25) is 0 Å². The normalized spacial score (nSPS) is 8.20. The van der Waals surface area contributed by atoms with Crippen molar-refractivity contribution in [3.8, 4) is 0 Å². The molecule has 0 bridgehead atoms. The fraction of sp³-hybridized carbons (Fsp3) is 0. The molecule has 1 aromatic rings. The van der Waals surface area contributed by atoms with Crippen LogP contribution in [-0.2, 0) is 0 Å². The molecule has 0 N–H and O–H groups in total. The van der Waals surface area contributed by atoms with E-state index in [-0.39, 0.29) is 49.5 Å². The lowest BCUT2D eigenvalue weighted by atomic mass is 11.0. The highest BCUT2D eigenvalue weighted by molar-refractivity contribution is 6.19. The molecule has 0 amide bonds. The molecule has 6 nitrogen and oxygen atoms in total. The van der Waals surface area contributed by atoms with Gasteiger partial charge in [-0.25, -0.2) is 14.4 Å². The lowest BCUT2D eigenvalue weighted by Gasteiger charge is -1.96. The molecule has 0 radical (unpaired) electrons. The van der Waals surface area contributed by atoms with Gasteiger partial charge in [0.15, 0.2) is 0 Å². The Bertz CT molecular complexity index is 385. The molecule has 0 aliphatic heterocycles. The summed E-state index contributed by atoms with van der Waals surface area (Å²) >= 11 is 15.3. The molecule has 0 atom stereocenters. The molecule has 90 valence electrons. The number of rotatable bonds is 0. The van der Waals surface area contributed by atoms with Gasteiger partial charge in [-0.3, -0.25) is 0 Å². The summed E-state index contributed by atoms with van der Waals surface area (Å²) < 4.78 is 0.254. The van der Waals surface area contributed by atoms with Crippen LogP contribution in [-0.4, -0.2) is 12.3 Å². The van der Waals surface area contributed by atoms with E-state index < -0.39 is 17.1 Å². The van der Waals surface area contributed by atoms with Crippen molar-refractivity contribution in [1.82, 2.24) is 12.3 Å². The molecule has 1 rings (SSSR count). The van der Waals surface area contributed by atoms with Crippen LogP contribution in [0.15, 0.2) is 14.4 Å². The van der Waals surface area contributed by atoms with Gasteiger partial charge in [-0.2, -0.15) is 0 Å². The smallest absolute Gasteiger partial charge is 0.244 e. The standard InChI is InChI=1S/C3Cl3N3O3.3ClH/c4-7-1(10)8(5)3(12)9(6)2(7)11;;;/h;3*1H. The van der Waals surface area contributed by atoms with Crippen molar-refractivity contribution < 1.29 is 0 Å². The summed E-state index contributed by atoms with van der Waals surface area (Å²) in [5.74, 6) is 0. The van der Waals surface area contributed by atoms with Gasteiger partial charge in [-0.1, -0.05) is 0 Å². The summed E-state index contributed by atoms with van der Waals surface area (Å²) in [7, 11) is 0. The zero-order chi connectivity index (χ0) is 9.46. The van der Waals surface area contributed by atoms with Crippen molar-refractivity contribution in [1.29, 1.82) is 0 Å². The van der Waals surface area contributed by atoms with Crippen LogP contribution < -0.4 is 17.1 Å². The van der Waals surface area contributed by atoms with Crippen LogP contribution >= 0.6 is 72.6 Å². The largest absolute Gasteiger partial charge is 0.366 e. The summed E-state index contributed by atoms with van der Waals surface area (Å²) in [5, 5.41) is 0. The fourth-order valence-electron chi connectivity index (χ4n) is 0.477. The van der Waals surface area contributed by atoms with E-state index in [1.54, 1.807) is 0 Å². The molecule has 1 aromatic heterocycles. The Balaban J connectivity index is -0.000000480. The zero-order valence-electron chi connectivity index (χ0n) is 6.43. The van der Waals surface area contributed by atoms with Gasteiger partial charge >= 0.3 is 17.1 Å². The highest BCUT2D eigenvalue weighted by Gasteiger charge is 2.10. The molecule has 0 spiro atoms. The quantitative estimate of drug-likeness (QED) is 0.688. The van der Waals surface area contributed by atoms with Crippen molar-refractivity contribution in [3.63, 3.8) is 0 Å². The van der Waals surface area contributed by atoms with E-state index in [1.807, 2.05) is 0 Å². The van der Waals surface area contributed by atoms with Crippen molar-refractivity contribution in [2.75, 3.05) is 0 Å². The van der Waals surface area contributed by atoms with E-state index >= 15 is 0 Å². The van der Waals surface area contributed by atoms with Gasteiger partial charge in [0.05, 0.1) is 0 Å². The Hall–Kier alpha value is 0.150. The predicted octanol–water partition coefficient (Wildman–Crippen LogP) is 0.443. The molecular weight excluding hydrogens is 339 g/mol. The Labute approximate surface area is 116 Å². The van der Waals surface area contributed by atoms with Gasteiger partial charge in [0, 0.05) is 35.3 Å². The second-order valence-electron chi connectivity index (χ2n) is 1.69. The molecular formula is C3H3Cl6N3O3. The highest BCUT2D eigenvalue weighted by Crippen LogP contribution is 1.78. The average Bonchev–Trinajstić information content (AvgIpc) is 2.08. The minimum atomic E-state index is -1.16. The first-order valence-corrected chi connectivity index (χ1v) is 3.48. The van der Waals surface area contributed by atoms with Crippen LogP contribution in [0.2, 0.25) is 0 Å². The van der Waals surface area contributed by atoms with Crippen molar-refractivity contribution in [2.24, 2.45) is 0 Å². The Morgan fingerprint density at radius 2 is 0.733 bits per heavy atom. The number of aromatic nitrogens is 3.